The molecule has 0 bridgehead atoms. The third-order valence-electron chi connectivity index (χ3n) is 6.21. The van der Waals surface area contributed by atoms with Gasteiger partial charge in [-0.3, -0.25) is 4.79 Å². The first-order chi connectivity index (χ1) is 9.67. The van der Waals surface area contributed by atoms with Crippen LogP contribution in [0.2, 0.25) is 0 Å². The topological polar surface area (TPSA) is 35.5 Å². The Bertz CT molecular complexity index is 493. The van der Waals surface area contributed by atoms with Crippen molar-refractivity contribution in [2.45, 2.75) is 71.7 Å². The maximum Gasteiger partial charge on any atom is 0.163 e. The number of carbonyl (C=O) groups excluding carboxylic acids is 1. The molecule has 0 aromatic carbocycles. The fourth-order valence-electron chi connectivity index (χ4n) is 4.87. The zero-order valence-corrected chi connectivity index (χ0v) is 14.0. The number of hydrogen-bond donors (Lipinski definition) is 0. The zero-order chi connectivity index (χ0) is 15.5. The Morgan fingerprint density at radius 1 is 1.29 bits per heavy atom. The van der Waals surface area contributed by atoms with Crippen LogP contribution in [0.25, 0.3) is 0 Å². The number of ketones is 1. The van der Waals surface area contributed by atoms with Crippen molar-refractivity contribution in [1.29, 1.82) is 0 Å². The molecule has 3 aliphatic rings. The van der Waals surface area contributed by atoms with Gasteiger partial charge in [-0.1, -0.05) is 12.5 Å². The Balaban J connectivity index is 1.82. The third-order valence-corrected chi connectivity index (χ3v) is 6.21. The lowest BCUT2D eigenvalue weighted by Crippen LogP contribution is -2.40. The van der Waals surface area contributed by atoms with Crippen LogP contribution >= 0.6 is 0 Å². The average Bonchev–Trinajstić information content (AvgIpc) is 2.91. The van der Waals surface area contributed by atoms with E-state index in [9.17, 15) is 4.79 Å². The van der Waals surface area contributed by atoms with E-state index in [0.29, 0.717) is 30.6 Å². The first-order valence-corrected chi connectivity index (χ1v) is 8.23. The van der Waals surface area contributed by atoms with Crippen LogP contribution in [0.4, 0.5) is 0 Å². The van der Waals surface area contributed by atoms with Gasteiger partial charge in [-0.25, -0.2) is 0 Å². The highest BCUT2D eigenvalue weighted by Crippen LogP contribution is 2.58. The normalized spacial score (nSPS) is 46.1. The maximum atomic E-state index is 11.8. The smallest absolute Gasteiger partial charge is 0.163 e. The summed E-state index contributed by atoms with van der Waals surface area (Å²) in [4.78, 5) is 11.8. The molecular weight excluding hydrogens is 264 g/mol. The molecule has 3 nitrogen and oxygen atoms in total. The quantitative estimate of drug-likeness (QED) is 0.736. The minimum atomic E-state index is -0.469. The van der Waals surface area contributed by atoms with E-state index in [2.05, 4.69) is 20.8 Å². The second kappa shape index (κ2) is 4.66. The third kappa shape index (κ3) is 2.39. The van der Waals surface area contributed by atoms with E-state index in [1.165, 1.54) is 18.4 Å². The van der Waals surface area contributed by atoms with Crippen LogP contribution in [0.1, 0.15) is 60.3 Å². The van der Waals surface area contributed by atoms with Gasteiger partial charge in [-0.15, -0.1) is 0 Å². The highest BCUT2D eigenvalue weighted by molar-refractivity contribution is 5.91. The van der Waals surface area contributed by atoms with Gasteiger partial charge in [0, 0.05) is 6.42 Å². The van der Waals surface area contributed by atoms with Crippen molar-refractivity contribution in [2.24, 2.45) is 17.3 Å². The molecule has 0 radical (unpaired) electrons. The van der Waals surface area contributed by atoms with Gasteiger partial charge in [0.2, 0.25) is 0 Å². The van der Waals surface area contributed by atoms with Gasteiger partial charge in [-0.2, -0.15) is 0 Å². The van der Waals surface area contributed by atoms with Gasteiger partial charge in [0.05, 0.1) is 12.2 Å². The van der Waals surface area contributed by atoms with E-state index in [-0.39, 0.29) is 11.0 Å². The maximum absolute atomic E-state index is 11.8. The Morgan fingerprint density at radius 2 is 2.00 bits per heavy atom. The summed E-state index contributed by atoms with van der Waals surface area (Å²) in [6.07, 6.45) is 6.05. The Labute approximate surface area is 128 Å². The lowest BCUT2D eigenvalue weighted by molar-refractivity contribution is -0.168. The molecule has 1 spiro atoms. The molecule has 3 heteroatoms. The number of allylic oxidation sites excluding steroid dienone is 2. The standard InChI is InChI=1S/C18H28O3/c1-12-8-15(19)9-13(2)18(12)7-6-14(10-18)17(5)11-20-16(3,4)21-17/h8,13-14H,6-7,9-11H2,1-5H3/t13-,14?,17-,18-/m1/s1. The van der Waals surface area contributed by atoms with Crippen molar-refractivity contribution in [3.05, 3.63) is 11.6 Å². The Kier molecular flexibility index (Phi) is 3.38. The second-order valence-corrected chi connectivity index (χ2v) is 8.10. The first-order valence-electron chi connectivity index (χ1n) is 8.23. The molecule has 2 fully saturated rings. The fraction of sp³-hybridized carbons (Fsp3) is 0.833. The molecule has 4 atom stereocenters. The molecule has 2 aliphatic carbocycles. The predicted molar refractivity (Wildman–Crippen MR) is 81.8 cm³/mol. The van der Waals surface area contributed by atoms with Crippen LogP contribution in [0.15, 0.2) is 11.6 Å². The van der Waals surface area contributed by atoms with Crippen molar-refractivity contribution in [2.75, 3.05) is 6.61 Å². The van der Waals surface area contributed by atoms with Crippen molar-refractivity contribution in [1.82, 2.24) is 0 Å². The monoisotopic (exact) mass is 292 g/mol. The Morgan fingerprint density at radius 3 is 2.57 bits per heavy atom. The lowest BCUT2D eigenvalue weighted by Gasteiger charge is -2.41. The van der Waals surface area contributed by atoms with Crippen LogP contribution in [0.5, 0.6) is 0 Å². The zero-order valence-electron chi connectivity index (χ0n) is 14.0. The molecule has 0 aromatic rings. The summed E-state index contributed by atoms with van der Waals surface area (Å²) in [5, 5.41) is 0. The largest absolute Gasteiger partial charge is 0.348 e. The van der Waals surface area contributed by atoms with Gasteiger partial charge in [0.1, 0.15) is 0 Å². The molecule has 0 N–H and O–H groups in total. The van der Waals surface area contributed by atoms with Gasteiger partial charge >= 0.3 is 0 Å². The first kappa shape index (κ1) is 15.2. The fourth-order valence-corrected chi connectivity index (χ4v) is 4.87. The van der Waals surface area contributed by atoms with E-state index in [4.69, 9.17) is 9.47 Å². The van der Waals surface area contributed by atoms with Gasteiger partial charge in [0.25, 0.3) is 0 Å². The van der Waals surface area contributed by atoms with E-state index < -0.39 is 5.79 Å². The molecule has 3 rings (SSSR count). The SMILES string of the molecule is CC1=CC(=O)C[C@@H](C)[C@@]12CCC([C@@]1(C)COC(C)(C)O1)C2. The average molecular weight is 292 g/mol. The number of carbonyl (C=O) groups is 1. The van der Waals surface area contributed by atoms with E-state index in [0.717, 1.165) is 6.42 Å². The molecular formula is C18H28O3. The van der Waals surface area contributed by atoms with E-state index >= 15 is 0 Å². The van der Waals surface area contributed by atoms with Crippen molar-refractivity contribution in [3.63, 3.8) is 0 Å². The second-order valence-electron chi connectivity index (χ2n) is 8.10. The number of ether oxygens (including phenoxy) is 2. The summed E-state index contributed by atoms with van der Waals surface area (Å²) in [6.45, 7) is 11.3. The summed E-state index contributed by atoms with van der Waals surface area (Å²) in [5.41, 5.74) is 1.31. The molecule has 118 valence electrons. The van der Waals surface area contributed by atoms with E-state index in [1.54, 1.807) is 0 Å². The summed E-state index contributed by atoms with van der Waals surface area (Å²) in [5.74, 6) is 0.780. The molecule has 1 heterocycles. The molecule has 0 aromatic heterocycles. The molecule has 1 unspecified atom stereocenters. The van der Waals surface area contributed by atoms with Gasteiger partial charge in [-0.05, 0) is 70.3 Å². The van der Waals surface area contributed by atoms with Gasteiger partial charge < -0.3 is 9.47 Å². The summed E-state index contributed by atoms with van der Waals surface area (Å²) in [6, 6.07) is 0. The van der Waals surface area contributed by atoms with Gasteiger partial charge in [0.15, 0.2) is 11.6 Å². The van der Waals surface area contributed by atoms with Crippen LogP contribution in [-0.2, 0) is 14.3 Å². The van der Waals surface area contributed by atoms with Crippen LogP contribution in [0, 0.1) is 17.3 Å². The summed E-state index contributed by atoms with van der Waals surface area (Å²) in [7, 11) is 0. The van der Waals surface area contributed by atoms with Crippen LogP contribution < -0.4 is 0 Å². The molecule has 0 amide bonds. The van der Waals surface area contributed by atoms with Crippen LogP contribution in [0.3, 0.4) is 0 Å². The van der Waals surface area contributed by atoms with Crippen LogP contribution in [-0.4, -0.2) is 23.8 Å². The summed E-state index contributed by atoms with van der Waals surface area (Å²) < 4.78 is 12.1. The highest BCUT2D eigenvalue weighted by atomic mass is 16.8. The molecule has 21 heavy (non-hydrogen) atoms. The Hall–Kier alpha value is -0.670. The number of hydrogen-bond acceptors (Lipinski definition) is 3. The van der Waals surface area contributed by atoms with E-state index in [1.807, 2.05) is 19.9 Å². The molecule has 1 aliphatic heterocycles. The molecule has 1 saturated carbocycles. The van der Waals surface area contributed by atoms with Crippen molar-refractivity contribution >= 4 is 5.78 Å². The predicted octanol–water partition coefficient (Wildman–Crippen LogP) is 3.87. The highest BCUT2D eigenvalue weighted by Gasteiger charge is 2.55. The minimum Gasteiger partial charge on any atom is -0.348 e. The van der Waals surface area contributed by atoms with Crippen molar-refractivity contribution in [3.8, 4) is 0 Å². The molecule has 1 saturated heterocycles. The summed E-state index contributed by atoms with van der Waals surface area (Å²) >= 11 is 0. The number of rotatable bonds is 1. The minimum absolute atomic E-state index is 0.186. The van der Waals surface area contributed by atoms with Crippen molar-refractivity contribution < 1.29 is 14.3 Å². The lowest BCUT2D eigenvalue weighted by atomic mass is 9.64.